The van der Waals surface area contributed by atoms with Gasteiger partial charge in [-0.05, 0) is 37.1 Å². The SMILES string of the molecule is Cc1sc(NC(=O)Cc2ccccc2)c(-c2nc3ccccc3s2)c1C. The first kappa shape index (κ1) is 16.9. The van der Waals surface area contributed by atoms with Crippen LogP contribution in [0.5, 0.6) is 0 Å². The number of para-hydroxylation sites is 1. The summed E-state index contributed by atoms with van der Waals surface area (Å²) >= 11 is 3.29. The highest BCUT2D eigenvalue weighted by molar-refractivity contribution is 7.22. The van der Waals surface area contributed by atoms with E-state index in [0.29, 0.717) is 6.42 Å². The molecule has 0 fully saturated rings. The Balaban J connectivity index is 1.67. The Morgan fingerprint density at radius 2 is 1.73 bits per heavy atom. The van der Waals surface area contributed by atoms with Crippen LogP contribution in [-0.4, -0.2) is 10.9 Å². The molecule has 0 radical (unpaired) electrons. The second-order valence-electron chi connectivity index (χ2n) is 6.18. The van der Waals surface area contributed by atoms with E-state index in [2.05, 4.69) is 25.2 Å². The zero-order chi connectivity index (χ0) is 18.1. The third-order valence-electron chi connectivity index (χ3n) is 4.35. The Morgan fingerprint density at radius 3 is 2.50 bits per heavy atom. The highest BCUT2D eigenvalue weighted by atomic mass is 32.1. The van der Waals surface area contributed by atoms with Gasteiger partial charge in [-0.3, -0.25) is 4.79 Å². The van der Waals surface area contributed by atoms with Crippen LogP contribution < -0.4 is 5.32 Å². The van der Waals surface area contributed by atoms with Crippen LogP contribution in [0.3, 0.4) is 0 Å². The maximum absolute atomic E-state index is 12.5. The van der Waals surface area contributed by atoms with Crippen LogP contribution in [0.2, 0.25) is 0 Å². The molecule has 0 spiro atoms. The average Bonchev–Trinajstić information content (AvgIpc) is 3.16. The topological polar surface area (TPSA) is 42.0 Å². The maximum Gasteiger partial charge on any atom is 0.229 e. The molecule has 4 rings (SSSR count). The Kier molecular flexibility index (Phi) is 4.57. The summed E-state index contributed by atoms with van der Waals surface area (Å²) in [6.45, 7) is 4.18. The molecule has 4 aromatic rings. The normalized spacial score (nSPS) is 11.0. The summed E-state index contributed by atoms with van der Waals surface area (Å²) in [6, 6.07) is 17.9. The lowest BCUT2D eigenvalue weighted by Gasteiger charge is -2.06. The molecule has 26 heavy (non-hydrogen) atoms. The quantitative estimate of drug-likeness (QED) is 0.486. The van der Waals surface area contributed by atoms with Crippen LogP contribution in [0.4, 0.5) is 5.00 Å². The van der Waals surface area contributed by atoms with Gasteiger partial charge >= 0.3 is 0 Å². The maximum atomic E-state index is 12.5. The Labute approximate surface area is 160 Å². The van der Waals surface area contributed by atoms with Crippen molar-refractivity contribution >= 4 is 43.8 Å². The number of aromatic nitrogens is 1. The number of nitrogens with zero attached hydrogens (tertiary/aromatic N) is 1. The number of aryl methyl sites for hydroxylation is 1. The minimum atomic E-state index is -0.000175. The van der Waals surface area contributed by atoms with Crippen LogP contribution in [0.25, 0.3) is 20.8 Å². The van der Waals surface area contributed by atoms with Gasteiger partial charge in [0.2, 0.25) is 5.91 Å². The highest BCUT2D eigenvalue weighted by Gasteiger charge is 2.19. The van der Waals surface area contributed by atoms with Gasteiger partial charge < -0.3 is 5.32 Å². The summed E-state index contributed by atoms with van der Waals surface area (Å²) in [7, 11) is 0. The summed E-state index contributed by atoms with van der Waals surface area (Å²) in [6.07, 6.45) is 0.371. The molecule has 1 amide bonds. The van der Waals surface area contributed by atoms with Crippen molar-refractivity contribution in [2.45, 2.75) is 20.3 Å². The minimum absolute atomic E-state index is 0.000175. The second kappa shape index (κ2) is 7.02. The standard InChI is InChI=1S/C21H18N2OS2/c1-13-14(2)25-21(23-18(24)12-15-8-4-3-5-9-15)19(13)20-22-16-10-6-7-11-17(16)26-20/h3-11H,12H2,1-2H3,(H,23,24). The van der Waals surface area contributed by atoms with E-state index in [-0.39, 0.29) is 5.91 Å². The molecule has 0 saturated heterocycles. The van der Waals surface area contributed by atoms with E-state index in [0.717, 1.165) is 31.4 Å². The molecule has 130 valence electrons. The Hall–Kier alpha value is -2.50. The molecule has 0 unspecified atom stereocenters. The first-order valence-corrected chi connectivity index (χ1v) is 10.0. The molecular formula is C21H18N2OS2. The molecule has 0 aliphatic carbocycles. The van der Waals surface area contributed by atoms with Gasteiger partial charge in [0.05, 0.1) is 16.6 Å². The van der Waals surface area contributed by atoms with Gasteiger partial charge in [0.15, 0.2) is 0 Å². The van der Waals surface area contributed by atoms with E-state index in [1.807, 2.05) is 48.5 Å². The Bertz CT molecular complexity index is 1050. The lowest BCUT2D eigenvalue weighted by Crippen LogP contribution is -2.14. The van der Waals surface area contributed by atoms with Crippen molar-refractivity contribution in [1.82, 2.24) is 4.98 Å². The van der Waals surface area contributed by atoms with Gasteiger partial charge in [0.25, 0.3) is 0 Å². The highest BCUT2D eigenvalue weighted by Crippen LogP contribution is 2.43. The molecule has 3 nitrogen and oxygen atoms in total. The molecule has 0 aliphatic heterocycles. The number of benzene rings is 2. The van der Waals surface area contributed by atoms with Gasteiger partial charge in [-0.1, -0.05) is 42.5 Å². The molecule has 0 atom stereocenters. The van der Waals surface area contributed by atoms with Gasteiger partial charge in [0, 0.05) is 10.4 Å². The predicted molar refractivity (Wildman–Crippen MR) is 111 cm³/mol. The van der Waals surface area contributed by atoms with Crippen molar-refractivity contribution in [1.29, 1.82) is 0 Å². The third-order valence-corrected chi connectivity index (χ3v) is 6.53. The van der Waals surface area contributed by atoms with Crippen molar-refractivity contribution in [2.24, 2.45) is 0 Å². The van der Waals surface area contributed by atoms with E-state index >= 15 is 0 Å². The van der Waals surface area contributed by atoms with Crippen molar-refractivity contribution < 1.29 is 4.79 Å². The number of fused-ring (bicyclic) bond motifs is 1. The first-order valence-electron chi connectivity index (χ1n) is 8.41. The second-order valence-corrected chi connectivity index (χ2v) is 8.44. The van der Waals surface area contributed by atoms with Crippen LogP contribution >= 0.6 is 22.7 Å². The number of rotatable bonds is 4. The molecule has 0 aliphatic rings. The number of carbonyl (C=O) groups excluding carboxylic acids is 1. The zero-order valence-corrected chi connectivity index (χ0v) is 16.2. The van der Waals surface area contributed by atoms with Gasteiger partial charge in [-0.15, -0.1) is 22.7 Å². The average molecular weight is 379 g/mol. The molecule has 2 aromatic carbocycles. The number of thiophene rings is 1. The summed E-state index contributed by atoms with van der Waals surface area (Å²) < 4.78 is 1.16. The first-order chi connectivity index (χ1) is 12.6. The van der Waals surface area contributed by atoms with E-state index in [9.17, 15) is 4.79 Å². The summed E-state index contributed by atoms with van der Waals surface area (Å²) in [5, 5.41) is 4.96. The number of hydrogen-bond acceptors (Lipinski definition) is 4. The van der Waals surface area contributed by atoms with Gasteiger partial charge in [-0.25, -0.2) is 4.98 Å². The van der Waals surface area contributed by atoms with Crippen molar-refractivity contribution in [2.75, 3.05) is 5.32 Å². The summed E-state index contributed by atoms with van der Waals surface area (Å²) in [4.78, 5) is 18.5. The molecule has 5 heteroatoms. The monoisotopic (exact) mass is 378 g/mol. The predicted octanol–water partition coefficient (Wildman–Crippen LogP) is 5.82. The molecule has 2 aromatic heterocycles. The van der Waals surface area contributed by atoms with E-state index < -0.39 is 0 Å². The van der Waals surface area contributed by atoms with E-state index in [1.165, 1.54) is 10.4 Å². The molecule has 0 bridgehead atoms. The molecular weight excluding hydrogens is 360 g/mol. The largest absolute Gasteiger partial charge is 0.317 e. The Morgan fingerprint density at radius 1 is 1.00 bits per heavy atom. The smallest absolute Gasteiger partial charge is 0.229 e. The lowest BCUT2D eigenvalue weighted by atomic mass is 10.1. The van der Waals surface area contributed by atoms with Crippen molar-refractivity contribution in [3.8, 4) is 10.6 Å². The van der Waals surface area contributed by atoms with Gasteiger partial charge in [0.1, 0.15) is 10.0 Å². The number of nitrogens with one attached hydrogen (secondary N) is 1. The fourth-order valence-corrected chi connectivity index (χ4v) is 5.12. The molecule has 2 heterocycles. The van der Waals surface area contributed by atoms with Gasteiger partial charge in [-0.2, -0.15) is 0 Å². The van der Waals surface area contributed by atoms with Crippen LogP contribution in [0.15, 0.2) is 54.6 Å². The number of thiazole rings is 1. The van der Waals surface area contributed by atoms with Crippen molar-refractivity contribution in [3.63, 3.8) is 0 Å². The van der Waals surface area contributed by atoms with Crippen LogP contribution in [-0.2, 0) is 11.2 Å². The number of amides is 1. The molecule has 0 saturated carbocycles. The fourth-order valence-electron chi connectivity index (χ4n) is 2.90. The fraction of sp³-hybridized carbons (Fsp3) is 0.143. The van der Waals surface area contributed by atoms with Crippen LogP contribution in [0.1, 0.15) is 16.0 Å². The van der Waals surface area contributed by atoms with E-state index in [1.54, 1.807) is 22.7 Å². The molecule has 1 N–H and O–H groups in total. The van der Waals surface area contributed by atoms with Crippen molar-refractivity contribution in [3.05, 3.63) is 70.6 Å². The number of anilines is 1. The summed E-state index contributed by atoms with van der Waals surface area (Å²) in [5.41, 5.74) is 4.24. The zero-order valence-electron chi connectivity index (χ0n) is 14.6. The van der Waals surface area contributed by atoms with E-state index in [4.69, 9.17) is 4.98 Å². The minimum Gasteiger partial charge on any atom is -0.317 e. The third kappa shape index (κ3) is 3.28. The summed E-state index contributed by atoms with van der Waals surface area (Å²) in [5.74, 6) is -0.000175. The number of carbonyl (C=O) groups is 1. The number of hydrogen-bond donors (Lipinski definition) is 1. The lowest BCUT2D eigenvalue weighted by molar-refractivity contribution is -0.115. The van der Waals surface area contributed by atoms with Crippen LogP contribution in [0, 0.1) is 13.8 Å².